The van der Waals surface area contributed by atoms with Gasteiger partial charge >= 0.3 is 12.4 Å². The maximum Gasteiger partial charge on any atom is 0.426 e. The van der Waals surface area contributed by atoms with Gasteiger partial charge in [0.25, 0.3) is 14.1 Å². The Kier molecular flexibility index (Phi) is 26.1. The highest BCUT2D eigenvalue weighted by Crippen LogP contribution is 2.62. The van der Waals surface area contributed by atoms with Crippen molar-refractivity contribution in [2.24, 2.45) is 17.3 Å². The standard InChI is InChI=1S/C61H93F6N4O10PS2/c1-41(2)71(42(3)4)82(79-31-15-28-68)81-52-38-56(80-53(52)40-72)70-39-44(51(74)37-55(70)75)17-19-45(73)16-13-11-10-12-14-35-83-84-57(5,6)27-32-76-46-20-22-47-43(36-46)18-21-49-48(47)25-26-58(7)50(49)23-24-54(58)77-33-29-69(9)30-34-78-59(8,60(62,63)64)61(65,66)67/h20,22,36,39,41-42,48-50,52-54,56,72H,10-19,21,23-27,29-35,37-38,40H2,1-9H3/t48?,49?,50-,52-,53+,54-,56+,58-,82?/m0/s1/i72D. The normalized spacial score (nSPS) is 25.5. The topological polar surface area (TPSA) is 160 Å². The highest BCUT2D eigenvalue weighted by Gasteiger charge is 2.69. The van der Waals surface area contributed by atoms with Gasteiger partial charge in [0.15, 0.2) is 5.78 Å². The molecule has 3 aliphatic carbocycles. The number of aliphatic hydroxyl groups is 1. The fraction of sp³-hybridized carbons (Fsp3) is 0.803. The van der Waals surface area contributed by atoms with Crippen molar-refractivity contribution < 1.29 is 73.8 Å². The second-order valence-corrected chi connectivity index (χ2v) is 29.6. The lowest BCUT2D eigenvalue weighted by Crippen LogP contribution is -2.57. The molecule has 476 valence electrons. The van der Waals surface area contributed by atoms with E-state index < -0.39 is 57.4 Å². The first-order chi connectivity index (χ1) is 40.1. The van der Waals surface area contributed by atoms with E-state index in [0.717, 1.165) is 88.6 Å². The average Bonchev–Trinajstić information content (AvgIpc) is 1.87. The molecule has 1 amide bonds. The van der Waals surface area contributed by atoms with Crippen LogP contribution in [-0.2, 0) is 44.1 Å². The summed E-state index contributed by atoms with van der Waals surface area (Å²) < 4.78 is 125. The Bertz CT molecular complexity index is 2380. The number of rotatable bonds is 36. The van der Waals surface area contributed by atoms with Crippen LogP contribution in [0.3, 0.4) is 0 Å². The second kappa shape index (κ2) is 31.8. The van der Waals surface area contributed by atoms with Crippen LogP contribution in [-0.4, -0.2) is 157 Å². The van der Waals surface area contributed by atoms with Gasteiger partial charge in [-0.2, -0.15) is 31.6 Å². The molecule has 14 nitrogen and oxygen atoms in total. The van der Waals surface area contributed by atoms with Gasteiger partial charge in [-0.1, -0.05) is 53.8 Å². The van der Waals surface area contributed by atoms with E-state index in [1.165, 1.54) is 22.2 Å². The van der Waals surface area contributed by atoms with Crippen LogP contribution in [0.1, 0.15) is 182 Å². The van der Waals surface area contributed by atoms with E-state index in [2.05, 4.69) is 54.4 Å². The molecule has 0 radical (unpaired) electrons. The van der Waals surface area contributed by atoms with Crippen molar-refractivity contribution in [1.82, 2.24) is 14.5 Å². The van der Waals surface area contributed by atoms with Gasteiger partial charge in [0, 0.05) is 66.7 Å². The molecule has 2 saturated carbocycles. The summed E-state index contributed by atoms with van der Waals surface area (Å²) in [5, 5.41) is 13.9. The predicted octanol–water partition coefficient (Wildman–Crippen LogP) is 13.8. The average molecular weight is 1250 g/mol. The summed E-state index contributed by atoms with van der Waals surface area (Å²) >= 11 is 0. The van der Waals surface area contributed by atoms with Crippen molar-refractivity contribution in [3.8, 4) is 11.8 Å². The van der Waals surface area contributed by atoms with Gasteiger partial charge in [0.1, 0.15) is 23.9 Å². The Labute approximate surface area is 505 Å². The molecule has 84 heavy (non-hydrogen) atoms. The van der Waals surface area contributed by atoms with Gasteiger partial charge in [-0.25, -0.2) is 4.67 Å². The summed E-state index contributed by atoms with van der Waals surface area (Å²) in [6, 6.07) is 8.87. The first-order valence-corrected chi connectivity index (χ1v) is 33.8. The lowest BCUT2D eigenvalue weighted by Gasteiger charge is -2.50. The fourth-order valence-corrected chi connectivity index (χ4v) is 17.2. The minimum atomic E-state index is -5.58. The molecule has 0 bridgehead atoms. The summed E-state index contributed by atoms with van der Waals surface area (Å²) in [5.74, 6) is 2.86. The van der Waals surface area contributed by atoms with Crippen molar-refractivity contribution in [2.45, 2.75) is 236 Å². The highest BCUT2D eigenvalue weighted by atomic mass is 33.1. The zero-order valence-electron chi connectivity index (χ0n) is 51.8. The van der Waals surface area contributed by atoms with Crippen molar-refractivity contribution in [3.63, 3.8) is 0 Å². The van der Waals surface area contributed by atoms with Crippen LogP contribution in [0.15, 0.2) is 30.0 Å². The summed E-state index contributed by atoms with van der Waals surface area (Å²) in [5.41, 5.74) is -1.01. The lowest BCUT2D eigenvalue weighted by molar-refractivity contribution is -0.374. The molecule has 23 heteroatoms. The summed E-state index contributed by atoms with van der Waals surface area (Å²) in [6.45, 7) is 15.6. The number of aliphatic hydroxyl groups excluding tert-OH is 1. The zero-order chi connectivity index (χ0) is 62.3. The summed E-state index contributed by atoms with van der Waals surface area (Å²) in [4.78, 5) is 42.3. The molecule has 2 heterocycles. The number of benzene rings is 1. The van der Waals surface area contributed by atoms with Crippen LogP contribution in [0.5, 0.6) is 5.75 Å². The number of carbonyl (C=O) groups excluding carboxylic acids is 3. The molecule has 3 fully saturated rings. The van der Waals surface area contributed by atoms with Crippen LogP contribution < -0.4 is 4.74 Å². The number of unbranched alkanes of at least 4 members (excludes halogenated alkanes) is 4. The molecule has 1 aromatic carbocycles. The molecule has 1 saturated heterocycles. The molecule has 9 atom stereocenters. The van der Waals surface area contributed by atoms with Crippen molar-refractivity contribution >= 4 is 47.6 Å². The van der Waals surface area contributed by atoms with Gasteiger partial charge in [-0.3, -0.25) is 19.3 Å². The number of nitrogens with zero attached hydrogens (tertiary/aromatic N) is 4. The van der Waals surface area contributed by atoms with Gasteiger partial charge in [-0.05, 0) is 166 Å². The summed E-state index contributed by atoms with van der Waals surface area (Å²) in [6.07, 6.45) is 1.40. The number of amides is 1. The number of Topliss-reactive ketones (excluding diaryl/α,β-unsaturated/α-hetero) is 2. The van der Waals surface area contributed by atoms with E-state index in [-0.39, 0.29) is 98.7 Å². The van der Waals surface area contributed by atoms with Gasteiger partial charge < -0.3 is 38.0 Å². The monoisotopic (exact) mass is 1250 g/mol. The van der Waals surface area contributed by atoms with Gasteiger partial charge in [0.2, 0.25) is 7.34 Å². The number of hydrogen-bond donors (Lipinski definition) is 1. The van der Waals surface area contributed by atoms with Crippen LogP contribution in [0, 0.1) is 28.6 Å². The minimum absolute atomic E-state index is 0.00626. The molecule has 0 aromatic heterocycles. The predicted molar refractivity (Wildman–Crippen MR) is 316 cm³/mol. The number of ether oxygens (including phenoxy) is 4. The Hall–Kier alpha value is -2.55. The molecule has 3 unspecified atom stereocenters. The van der Waals surface area contributed by atoms with E-state index in [4.69, 9.17) is 35.1 Å². The summed E-state index contributed by atoms with van der Waals surface area (Å²) in [7, 11) is 3.80. The Morgan fingerprint density at radius 2 is 1.68 bits per heavy atom. The fourth-order valence-electron chi connectivity index (χ4n) is 12.8. The van der Waals surface area contributed by atoms with E-state index in [1.54, 1.807) is 11.9 Å². The largest absolute Gasteiger partial charge is 0.494 e. The number of carbonyl (C=O) groups is 3. The minimum Gasteiger partial charge on any atom is -0.494 e. The van der Waals surface area contributed by atoms with E-state index >= 15 is 0 Å². The molecule has 1 N–H and O–H groups in total. The van der Waals surface area contributed by atoms with Crippen LogP contribution >= 0.6 is 30.1 Å². The van der Waals surface area contributed by atoms with Crippen molar-refractivity contribution in [2.75, 3.05) is 58.9 Å². The number of fused-ring (bicyclic) bond motifs is 5. The maximum absolute atomic E-state index is 13.2. The van der Waals surface area contributed by atoms with E-state index in [0.29, 0.717) is 49.5 Å². The SMILES string of the molecule is [2H]OC[C@H]1O[C@@H](N2C=C(CCC(=O)CCCCCCCSSC(C)(C)CCOc3ccc4c(c3)CCC3C4CC[C@]4(C)[C@@H](OCCN(C)CCOC(C)(C(F)(F)F)C(F)(F)F)CC[C@@H]34)C(=O)CC2=O)C[C@@H]1OP(OCCC#N)N(C(C)C)C(C)C. The molecular formula is C61H93F6N4O10PS2. The second-order valence-electron chi connectivity index (χ2n) is 25.0. The Morgan fingerprint density at radius 3 is 2.38 bits per heavy atom. The van der Waals surface area contributed by atoms with Crippen molar-refractivity contribution in [1.29, 1.82) is 6.69 Å². The number of hydrogen-bond acceptors (Lipinski definition) is 15. The van der Waals surface area contributed by atoms with Gasteiger partial charge in [0.05, 0.1) is 64.2 Å². The lowest BCUT2D eigenvalue weighted by atomic mass is 9.55. The first-order valence-electron chi connectivity index (χ1n) is 30.7. The highest BCUT2D eigenvalue weighted by molar-refractivity contribution is 8.77. The smallest absolute Gasteiger partial charge is 0.426 e. The Morgan fingerprint density at radius 1 is 0.964 bits per heavy atom. The Balaban J connectivity index is 0.830. The number of halogens is 6. The van der Waals surface area contributed by atoms with Crippen LogP contribution in [0.2, 0.25) is 0 Å². The molecule has 5 aliphatic rings. The molecular weight excluding hydrogens is 1160 g/mol. The number of alkyl halides is 6. The molecule has 1 aromatic rings. The molecule has 6 rings (SSSR count). The number of aryl methyl sites for hydroxylation is 1. The third-order valence-corrected chi connectivity index (χ3v) is 23.3. The number of nitriles is 1. The third-order valence-electron chi connectivity index (χ3n) is 17.8. The van der Waals surface area contributed by atoms with E-state index in [1.807, 2.05) is 49.3 Å². The zero-order valence-corrected chi connectivity index (χ0v) is 53.3. The molecule has 2 aliphatic heterocycles. The number of ketones is 2. The third kappa shape index (κ3) is 18.8. The quantitative estimate of drug-likeness (QED) is 0.0222. The van der Waals surface area contributed by atoms with Crippen LogP contribution in [0.25, 0.3) is 0 Å². The number of allylic oxidation sites excluding steroid dienone is 1. The first kappa shape index (κ1) is 68.9. The number of likely N-dealkylation sites (N-methyl/N-ethyl adjacent to an activating group) is 1. The maximum atomic E-state index is 13.2. The molecule has 0 spiro atoms. The van der Waals surface area contributed by atoms with Crippen molar-refractivity contribution in [3.05, 3.63) is 41.1 Å². The van der Waals surface area contributed by atoms with E-state index in [9.17, 15) is 40.7 Å². The van der Waals surface area contributed by atoms with Crippen LogP contribution in [0.4, 0.5) is 26.3 Å². The van der Waals surface area contributed by atoms with Gasteiger partial charge in [-0.15, -0.1) is 0 Å².